The number of fused-ring (bicyclic) bond motifs is 2. The molecule has 1 N–H and O–H groups in total. The predicted octanol–water partition coefficient (Wildman–Crippen LogP) is 6.24. The van der Waals surface area contributed by atoms with Crippen LogP contribution in [0, 0.1) is 5.82 Å². The number of thioether (sulfide) groups is 1. The van der Waals surface area contributed by atoms with E-state index in [1.165, 1.54) is 36.0 Å². The summed E-state index contributed by atoms with van der Waals surface area (Å²) in [6.07, 6.45) is 0. The van der Waals surface area contributed by atoms with Gasteiger partial charge in [-0.25, -0.2) is 9.18 Å². The number of anilines is 2. The highest BCUT2D eigenvalue weighted by Gasteiger charge is 2.63. The van der Waals surface area contributed by atoms with E-state index in [-0.39, 0.29) is 5.91 Å². The van der Waals surface area contributed by atoms with Crippen molar-refractivity contribution in [3.05, 3.63) is 94.8 Å². The zero-order valence-electron chi connectivity index (χ0n) is 18.7. The van der Waals surface area contributed by atoms with Gasteiger partial charge < -0.3 is 10.2 Å². The Kier molecular flexibility index (Phi) is 5.57. The fraction of sp³-hybridized carbons (Fsp3) is 0.231. The van der Waals surface area contributed by atoms with Crippen molar-refractivity contribution in [3.63, 3.8) is 0 Å². The number of nitrogens with zero attached hydrogens (tertiary/aromatic N) is 2. The Hall–Kier alpha value is -3.03. The summed E-state index contributed by atoms with van der Waals surface area (Å²) in [5.74, 6) is -0.572. The number of amides is 3. The van der Waals surface area contributed by atoms with E-state index in [9.17, 15) is 14.0 Å². The van der Waals surface area contributed by atoms with Crippen LogP contribution >= 0.6 is 23.4 Å². The Labute approximate surface area is 206 Å². The predicted molar refractivity (Wildman–Crippen MR) is 135 cm³/mol. The molecular formula is C26H23ClFN3O2S. The molecule has 0 aliphatic carbocycles. The maximum atomic E-state index is 14.2. The van der Waals surface area contributed by atoms with Gasteiger partial charge in [0.05, 0.1) is 12.2 Å². The fourth-order valence-corrected chi connectivity index (χ4v) is 6.52. The van der Waals surface area contributed by atoms with Gasteiger partial charge in [-0.2, -0.15) is 0 Å². The standard InChI is InChI=1S/C26H23ClFN3O2S/c1-25(2)16-31(24(33)29-20-11-9-19(28)10-12-20)26(34-25)21-14-18(27)8-13-22(21)30(23(26)32)15-17-6-4-3-5-7-17/h3-14H,15-16H2,1-2H3,(H,29,33)/t26-/m1/s1. The molecule has 1 saturated heterocycles. The van der Waals surface area contributed by atoms with Crippen LogP contribution < -0.4 is 10.2 Å². The van der Waals surface area contributed by atoms with Gasteiger partial charge in [0.1, 0.15) is 5.82 Å². The van der Waals surface area contributed by atoms with Gasteiger partial charge in [-0.3, -0.25) is 9.69 Å². The summed E-state index contributed by atoms with van der Waals surface area (Å²) in [5, 5.41) is 3.33. The zero-order valence-corrected chi connectivity index (χ0v) is 20.3. The van der Waals surface area contributed by atoms with Gasteiger partial charge >= 0.3 is 6.03 Å². The van der Waals surface area contributed by atoms with Crippen LogP contribution in [0.5, 0.6) is 0 Å². The average Bonchev–Trinajstić information content (AvgIpc) is 3.22. The molecule has 1 spiro atoms. The first-order chi connectivity index (χ1) is 16.2. The molecule has 1 atom stereocenters. The molecule has 1 fully saturated rings. The summed E-state index contributed by atoms with van der Waals surface area (Å²) in [5.41, 5.74) is 2.88. The maximum absolute atomic E-state index is 14.2. The summed E-state index contributed by atoms with van der Waals surface area (Å²) in [6.45, 7) is 4.76. The van der Waals surface area contributed by atoms with Gasteiger partial charge in [0.25, 0.3) is 5.91 Å². The molecule has 2 aliphatic rings. The number of urea groups is 1. The lowest BCUT2D eigenvalue weighted by Gasteiger charge is -2.33. The van der Waals surface area contributed by atoms with E-state index >= 15 is 0 Å². The minimum atomic E-state index is -1.26. The van der Waals surface area contributed by atoms with Crippen molar-refractivity contribution < 1.29 is 14.0 Å². The third-order valence-corrected chi connectivity index (χ3v) is 7.84. The number of hydrogen-bond donors (Lipinski definition) is 1. The van der Waals surface area contributed by atoms with Gasteiger partial charge in [-0.05, 0) is 61.9 Å². The molecule has 5 rings (SSSR count). The van der Waals surface area contributed by atoms with Gasteiger partial charge in [0.15, 0.2) is 4.87 Å². The average molecular weight is 496 g/mol. The smallest absolute Gasteiger partial charge is 0.308 e. The van der Waals surface area contributed by atoms with E-state index in [0.29, 0.717) is 29.4 Å². The second-order valence-corrected chi connectivity index (χ2v) is 11.4. The third kappa shape index (κ3) is 3.83. The molecule has 2 aliphatic heterocycles. The normalized spacial score (nSPS) is 20.6. The van der Waals surface area contributed by atoms with E-state index < -0.39 is 21.5 Å². The molecule has 0 unspecified atom stereocenters. The number of halogens is 2. The fourth-order valence-electron chi connectivity index (χ4n) is 4.62. The summed E-state index contributed by atoms with van der Waals surface area (Å²) >= 11 is 7.85. The summed E-state index contributed by atoms with van der Waals surface area (Å²) < 4.78 is 13.0. The molecule has 0 bridgehead atoms. The van der Waals surface area contributed by atoms with Crippen LogP contribution in [0.2, 0.25) is 5.02 Å². The van der Waals surface area contributed by atoms with Crippen molar-refractivity contribution in [3.8, 4) is 0 Å². The molecule has 5 nitrogen and oxygen atoms in total. The molecular weight excluding hydrogens is 473 g/mol. The summed E-state index contributed by atoms with van der Waals surface area (Å²) in [6, 6.07) is 20.3. The van der Waals surface area contributed by atoms with Gasteiger partial charge in [0, 0.05) is 27.6 Å². The Balaban J connectivity index is 1.58. The zero-order chi connectivity index (χ0) is 24.1. The van der Waals surface area contributed by atoms with Crippen LogP contribution in [-0.4, -0.2) is 28.1 Å². The largest absolute Gasteiger partial charge is 0.323 e. The number of carbonyl (C=O) groups excluding carboxylic acids is 2. The van der Waals surface area contributed by atoms with E-state index in [1.54, 1.807) is 21.9 Å². The van der Waals surface area contributed by atoms with E-state index in [0.717, 1.165) is 11.3 Å². The molecule has 3 aromatic carbocycles. The first-order valence-electron chi connectivity index (χ1n) is 10.9. The van der Waals surface area contributed by atoms with E-state index in [4.69, 9.17) is 11.6 Å². The van der Waals surface area contributed by atoms with Gasteiger partial charge in [-0.1, -0.05) is 41.9 Å². The summed E-state index contributed by atoms with van der Waals surface area (Å²) in [4.78, 5) is 29.8. The second-order valence-electron chi connectivity index (χ2n) is 9.07. The van der Waals surface area contributed by atoms with Gasteiger partial charge in [0.2, 0.25) is 0 Å². The monoisotopic (exact) mass is 495 g/mol. The van der Waals surface area contributed by atoms with Crippen LogP contribution in [0.4, 0.5) is 20.6 Å². The highest BCUT2D eigenvalue weighted by atomic mass is 35.5. The molecule has 174 valence electrons. The van der Waals surface area contributed by atoms with Crippen molar-refractivity contribution in [1.29, 1.82) is 0 Å². The number of rotatable bonds is 3. The van der Waals surface area contributed by atoms with Crippen molar-refractivity contribution in [1.82, 2.24) is 4.90 Å². The minimum Gasteiger partial charge on any atom is -0.308 e. The van der Waals surface area contributed by atoms with E-state index in [1.807, 2.05) is 50.2 Å². The quantitative estimate of drug-likeness (QED) is 0.468. The second kappa shape index (κ2) is 8.32. The maximum Gasteiger partial charge on any atom is 0.323 e. The lowest BCUT2D eigenvalue weighted by atomic mass is 10.0. The molecule has 3 aromatic rings. The number of nitrogens with one attached hydrogen (secondary N) is 1. The Bertz CT molecular complexity index is 1270. The SMILES string of the molecule is CC1(C)CN(C(=O)Nc2ccc(F)cc2)[C@]2(S1)C(=O)N(Cc1ccccc1)c1ccc(Cl)cc12. The van der Waals surface area contributed by atoms with E-state index in [2.05, 4.69) is 5.32 Å². The molecule has 0 radical (unpaired) electrons. The van der Waals surface area contributed by atoms with Crippen LogP contribution in [0.15, 0.2) is 72.8 Å². The molecule has 8 heteroatoms. The molecule has 2 heterocycles. The first-order valence-corrected chi connectivity index (χ1v) is 12.1. The Morgan fingerprint density at radius 1 is 1.09 bits per heavy atom. The minimum absolute atomic E-state index is 0.182. The van der Waals surface area contributed by atoms with Crippen LogP contribution in [0.25, 0.3) is 0 Å². The highest BCUT2D eigenvalue weighted by Crippen LogP contribution is 2.60. The van der Waals surface area contributed by atoms with Crippen LogP contribution in [0.3, 0.4) is 0 Å². The van der Waals surface area contributed by atoms with Crippen molar-refractivity contribution in [2.24, 2.45) is 0 Å². The van der Waals surface area contributed by atoms with Crippen molar-refractivity contribution in [2.45, 2.75) is 30.0 Å². The summed E-state index contributed by atoms with van der Waals surface area (Å²) in [7, 11) is 0. The number of hydrogen-bond acceptors (Lipinski definition) is 3. The first kappa shape index (κ1) is 22.7. The molecule has 34 heavy (non-hydrogen) atoms. The lowest BCUT2D eigenvalue weighted by molar-refractivity contribution is -0.123. The van der Waals surface area contributed by atoms with Crippen molar-refractivity contribution >= 4 is 46.7 Å². The molecule has 0 aromatic heterocycles. The third-order valence-electron chi connectivity index (χ3n) is 6.02. The van der Waals surface area contributed by atoms with Gasteiger partial charge in [-0.15, -0.1) is 11.8 Å². The Morgan fingerprint density at radius 2 is 1.79 bits per heavy atom. The Morgan fingerprint density at radius 3 is 2.50 bits per heavy atom. The molecule has 0 saturated carbocycles. The molecule has 3 amide bonds. The van der Waals surface area contributed by atoms with Crippen LogP contribution in [-0.2, 0) is 16.2 Å². The van der Waals surface area contributed by atoms with Crippen LogP contribution in [0.1, 0.15) is 25.0 Å². The topological polar surface area (TPSA) is 52.7 Å². The lowest BCUT2D eigenvalue weighted by Crippen LogP contribution is -2.51. The van der Waals surface area contributed by atoms with Crippen molar-refractivity contribution in [2.75, 3.05) is 16.8 Å². The number of carbonyl (C=O) groups is 2. The highest BCUT2D eigenvalue weighted by molar-refractivity contribution is 8.02. The number of benzene rings is 3.